The highest BCUT2D eigenvalue weighted by Crippen LogP contribution is 2.24. The standard InChI is InChI=1S/C18H17N5S/c1-12-5-6-16(13(2)8-12)23-18-15(10-22-23)17(20-11-21-18)19-9-14-4-3-7-24-14/h3-8,10-11H,9H2,1-2H3,(H,19,20,21). The van der Waals surface area contributed by atoms with Crippen LogP contribution in [0.2, 0.25) is 0 Å². The van der Waals surface area contributed by atoms with Crippen LogP contribution in [0.25, 0.3) is 16.7 Å². The third kappa shape index (κ3) is 2.65. The number of thiophene rings is 1. The number of hydrogen-bond acceptors (Lipinski definition) is 5. The van der Waals surface area contributed by atoms with Gasteiger partial charge in [0, 0.05) is 4.88 Å². The first-order valence-electron chi connectivity index (χ1n) is 7.75. The fraction of sp³-hybridized carbons (Fsp3) is 0.167. The second-order valence-electron chi connectivity index (χ2n) is 5.74. The number of anilines is 1. The maximum Gasteiger partial charge on any atom is 0.168 e. The Labute approximate surface area is 144 Å². The Morgan fingerprint density at radius 3 is 2.88 bits per heavy atom. The monoisotopic (exact) mass is 335 g/mol. The molecule has 5 nitrogen and oxygen atoms in total. The molecule has 0 aliphatic heterocycles. The van der Waals surface area contributed by atoms with Gasteiger partial charge >= 0.3 is 0 Å². The topological polar surface area (TPSA) is 55.6 Å². The molecule has 1 N–H and O–H groups in total. The largest absolute Gasteiger partial charge is 0.364 e. The van der Waals surface area contributed by atoms with Crippen LogP contribution >= 0.6 is 11.3 Å². The van der Waals surface area contributed by atoms with Gasteiger partial charge in [-0.05, 0) is 36.9 Å². The van der Waals surface area contributed by atoms with Gasteiger partial charge in [-0.25, -0.2) is 14.6 Å². The van der Waals surface area contributed by atoms with Gasteiger partial charge in [0.15, 0.2) is 5.65 Å². The lowest BCUT2D eigenvalue weighted by molar-refractivity contribution is 0.886. The SMILES string of the molecule is Cc1ccc(-n2ncc3c(NCc4cccs4)ncnc32)c(C)c1. The molecule has 0 aliphatic carbocycles. The van der Waals surface area contributed by atoms with E-state index in [1.807, 2.05) is 10.9 Å². The molecule has 0 saturated carbocycles. The first-order chi connectivity index (χ1) is 11.7. The minimum Gasteiger partial charge on any atom is -0.364 e. The van der Waals surface area contributed by atoms with Crippen LogP contribution in [0.1, 0.15) is 16.0 Å². The first kappa shape index (κ1) is 14.8. The molecule has 3 aromatic heterocycles. The van der Waals surface area contributed by atoms with Crippen LogP contribution in [-0.4, -0.2) is 19.7 Å². The zero-order valence-electron chi connectivity index (χ0n) is 13.5. The predicted octanol–water partition coefficient (Wildman–Crippen LogP) is 4.11. The molecule has 0 fully saturated rings. The molecule has 0 amide bonds. The molecule has 120 valence electrons. The average Bonchev–Trinajstić information content (AvgIpc) is 3.22. The van der Waals surface area contributed by atoms with Crippen molar-refractivity contribution in [3.63, 3.8) is 0 Å². The van der Waals surface area contributed by atoms with E-state index in [-0.39, 0.29) is 0 Å². The summed E-state index contributed by atoms with van der Waals surface area (Å²) in [5.74, 6) is 0.810. The molecule has 0 aliphatic rings. The zero-order chi connectivity index (χ0) is 16.5. The van der Waals surface area contributed by atoms with Crippen LogP contribution in [-0.2, 0) is 6.54 Å². The van der Waals surface area contributed by atoms with Gasteiger partial charge in [0.2, 0.25) is 0 Å². The van der Waals surface area contributed by atoms with E-state index in [0.717, 1.165) is 29.1 Å². The highest BCUT2D eigenvalue weighted by molar-refractivity contribution is 7.09. The van der Waals surface area contributed by atoms with Gasteiger partial charge < -0.3 is 5.32 Å². The van der Waals surface area contributed by atoms with Gasteiger partial charge in [-0.1, -0.05) is 23.8 Å². The van der Waals surface area contributed by atoms with Gasteiger partial charge in [0.1, 0.15) is 12.1 Å². The van der Waals surface area contributed by atoms with E-state index in [1.165, 1.54) is 16.0 Å². The summed E-state index contributed by atoms with van der Waals surface area (Å²) >= 11 is 1.73. The number of aryl methyl sites for hydroxylation is 2. The van der Waals surface area contributed by atoms with Crippen molar-refractivity contribution in [2.24, 2.45) is 0 Å². The first-order valence-corrected chi connectivity index (χ1v) is 8.63. The molecule has 4 rings (SSSR count). The molecule has 1 aromatic carbocycles. The van der Waals surface area contributed by atoms with Crippen molar-refractivity contribution in [1.29, 1.82) is 0 Å². The van der Waals surface area contributed by atoms with Crippen molar-refractivity contribution in [3.05, 3.63) is 64.2 Å². The van der Waals surface area contributed by atoms with Gasteiger partial charge in [0.05, 0.1) is 23.8 Å². The van der Waals surface area contributed by atoms with Crippen LogP contribution < -0.4 is 5.32 Å². The Hall–Kier alpha value is -2.73. The van der Waals surface area contributed by atoms with E-state index >= 15 is 0 Å². The fourth-order valence-corrected chi connectivity index (χ4v) is 3.43. The zero-order valence-corrected chi connectivity index (χ0v) is 14.3. The summed E-state index contributed by atoms with van der Waals surface area (Å²) < 4.78 is 1.88. The molecule has 24 heavy (non-hydrogen) atoms. The van der Waals surface area contributed by atoms with Crippen LogP contribution in [0.15, 0.2) is 48.2 Å². The molecule has 3 heterocycles. The summed E-state index contributed by atoms with van der Waals surface area (Å²) in [6.45, 7) is 4.93. The third-order valence-electron chi connectivity index (χ3n) is 3.96. The average molecular weight is 335 g/mol. The summed E-state index contributed by atoms with van der Waals surface area (Å²) in [6.07, 6.45) is 3.41. The van der Waals surface area contributed by atoms with Crippen molar-refractivity contribution in [1.82, 2.24) is 19.7 Å². The fourth-order valence-electron chi connectivity index (χ4n) is 2.79. The van der Waals surface area contributed by atoms with Crippen molar-refractivity contribution in [3.8, 4) is 5.69 Å². The number of rotatable bonds is 4. The Kier molecular flexibility index (Phi) is 3.74. The Balaban J connectivity index is 1.73. The Morgan fingerprint density at radius 1 is 1.17 bits per heavy atom. The van der Waals surface area contributed by atoms with Crippen LogP contribution in [0.5, 0.6) is 0 Å². The van der Waals surface area contributed by atoms with Crippen LogP contribution in [0.3, 0.4) is 0 Å². The number of nitrogens with one attached hydrogen (secondary N) is 1. The third-order valence-corrected chi connectivity index (χ3v) is 4.83. The van der Waals surface area contributed by atoms with Gasteiger partial charge in [-0.15, -0.1) is 11.3 Å². The molecule has 0 radical (unpaired) electrons. The summed E-state index contributed by atoms with van der Waals surface area (Å²) in [5, 5.41) is 10.9. The van der Waals surface area contributed by atoms with E-state index < -0.39 is 0 Å². The summed E-state index contributed by atoms with van der Waals surface area (Å²) in [7, 11) is 0. The maximum atomic E-state index is 4.54. The molecule has 0 unspecified atom stereocenters. The van der Waals surface area contributed by atoms with Gasteiger partial charge in [-0.3, -0.25) is 0 Å². The lowest BCUT2D eigenvalue weighted by Gasteiger charge is -2.08. The van der Waals surface area contributed by atoms with Crippen molar-refractivity contribution >= 4 is 28.2 Å². The predicted molar refractivity (Wildman–Crippen MR) is 97.8 cm³/mol. The summed E-state index contributed by atoms with van der Waals surface area (Å²) in [4.78, 5) is 10.1. The molecule has 6 heteroatoms. The number of fused-ring (bicyclic) bond motifs is 1. The number of aromatic nitrogens is 4. The number of nitrogens with zero attached hydrogens (tertiary/aromatic N) is 4. The number of benzene rings is 1. The molecule has 0 spiro atoms. The van der Waals surface area contributed by atoms with Gasteiger partial charge in [0.25, 0.3) is 0 Å². The normalized spacial score (nSPS) is 11.1. The smallest absolute Gasteiger partial charge is 0.168 e. The van der Waals surface area contributed by atoms with E-state index in [1.54, 1.807) is 17.7 Å². The lowest BCUT2D eigenvalue weighted by Crippen LogP contribution is -2.03. The Bertz CT molecular complexity index is 988. The minimum atomic E-state index is 0.749. The quantitative estimate of drug-likeness (QED) is 0.610. The van der Waals surface area contributed by atoms with E-state index in [0.29, 0.717) is 0 Å². The van der Waals surface area contributed by atoms with Crippen LogP contribution in [0.4, 0.5) is 5.82 Å². The van der Waals surface area contributed by atoms with Crippen molar-refractivity contribution in [2.75, 3.05) is 5.32 Å². The lowest BCUT2D eigenvalue weighted by atomic mass is 10.1. The number of hydrogen-bond donors (Lipinski definition) is 1. The van der Waals surface area contributed by atoms with E-state index in [9.17, 15) is 0 Å². The highest BCUT2D eigenvalue weighted by Gasteiger charge is 2.12. The molecule has 0 atom stereocenters. The van der Waals surface area contributed by atoms with Crippen molar-refractivity contribution in [2.45, 2.75) is 20.4 Å². The van der Waals surface area contributed by atoms with Crippen LogP contribution in [0, 0.1) is 13.8 Å². The molecular weight excluding hydrogens is 318 g/mol. The molecule has 4 aromatic rings. The Morgan fingerprint density at radius 2 is 2.08 bits per heavy atom. The summed E-state index contributed by atoms with van der Waals surface area (Å²) in [6, 6.07) is 10.5. The molecular formula is C18H17N5S. The van der Waals surface area contributed by atoms with Crippen molar-refractivity contribution < 1.29 is 0 Å². The second kappa shape index (κ2) is 6.05. The minimum absolute atomic E-state index is 0.749. The van der Waals surface area contributed by atoms with E-state index in [4.69, 9.17) is 0 Å². The maximum absolute atomic E-state index is 4.54. The highest BCUT2D eigenvalue weighted by atomic mass is 32.1. The second-order valence-corrected chi connectivity index (χ2v) is 6.77. The molecule has 0 bridgehead atoms. The van der Waals surface area contributed by atoms with E-state index in [2.05, 4.69) is 69.9 Å². The van der Waals surface area contributed by atoms with Gasteiger partial charge in [-0.2, -0.15) is 5.10 Å². The summed E-state index contributed by atoms with van der Waals surface area (Å²) in [5.41, 5.74) is 4.26. The molecule has 0 saturated heterocycles.